The highest BCUT2D eigenvalue weighted by molar-refractivity contribution is 5.86. The number of benzene rings is 2. The molecule has 0 bridgehead atoms. The molecule has 0 fully saturated rings. The van der Waals surface area contributed by atoms with Crippen molar-refractivity contribution in [2.75, 3.05) is 19.7 Å². The summed E-state index contributed by atoms with van der Waals surface area (Å²) < 4.78 is 5.42. The van der Waals surface area contributed by atoms with Gasteiger partial charge in [0.2, 0.25) is 0 Å². The molecule has 160 valence electrons. The number of carbonyl (C=O) groups excluding carboxylic acids is 3. The third-order valence-electron chi connectivity index (χ3n) is 5.12. The Hall–Kier alpha value is -2.70. The molecule has 2 aromatic carbocycles. The fourth-order valence-corrected chi connectivity index (χ4v) is 3.64. The fraction of sp³-hybridized carbons (Fsp3) is 0.348. The second kappa shape index (κ2) is 11.5. The molecule has 3 N–H and O–H groups in total. The molecular formula is C23H27ClN2O4. The number of amides is 1. The van der Waals surface area contributed by atoms with Crippen molar-refractivity contribution >= 4 is 30.1 Å². The van der Waals surface area contributed by atoms with Gasteiger partial charge in [-0.05, 0) is 28.8 Å². The lowest BCUT2D eigenvalue weighted by Gasteiger charge is -2.14. The number of nitrogens with one attached hydrogen (secondary N) is 1. The molecule has 0 radical (unpaired) electrons. The SMILES string of the molecule is Cl.NCCC(=O)CCC(=O)CCNC(=O)OCC1c2ccccc2-c2ccccc21. The summed E-state index contributed by atoms with van der Waals surface area (Å²) in [7, 11) is 0. The fourth-order valence-electron chi connectivity index (χ4n) is 3.64. The van der Waals surface area contributed by atoms with E-state index < -0.39 is 6.09 Å². The van der Waals surface area contributed by atoms with Gasteiger partial charge in [-0.15, -0.1) is 12.4 Å². The Bertz CT molecular complexity index is 855. The predicted octanol–water partition coefficient (Wildman–Crippen LogP) is 3.60. The van der Waals surface area contributed by atoms with Gasteiger partial charge in [-0.1, -0.05) is 48.5 Å². The van der Waals surface area contributed by atoms with Crippen LogP contribution in [0.15, 0.2) is 48.5 Å². The van der Waals surface area contributed by atoms with E-state index in [1.165, 1.54) is 11.1 Å². The highest BCUT2D eigenvalue weighted by atomic mass is 35.5. The molecule has 0 heterocycles. The minimum absolute atomic E-state index is 0. The number of alkyl carbamates (subject to hydrolysis) is 1. The number of nitrogens with two attached hydrogens (primary N) is 1. The third kappa shape index (κ3) is 5.90. The Balaban J connectivity index is 0.00000320. The Morgan fingerprint density at radius 1 is 0.833 bits per heavy atom. The molecule has 7 heteroatoms. The molecule has 0 spiro atoms. The van der Waals surface area contributed by atoms with E-state index in [0.29, 0.717) is 13.0 Å². The molecule has 0 atom stereocenters. The number of carbonyl (C=O) groups is 3. The maximum atomic E-state index is 12.0. The molecule has 0 saturated heterocycles. The molecule has 3 rings (SSSR count). The molecule has 1 aliphatic carbocycles. The molecule has 0 aromatic heterocycles. The van der Waals surface area contributed by atoms with Gasteiger partial charge in [0.1, 0.15) is 18.2 Å². The predicted molar refractivity (Wildman–Crippen MR) is 118 cm³/mol. The quantitative estimate of drug-likeness (QED) is 0.600. The van der Waals surface area contributed by atoms with Gasteiger partial charge in [-0.3, -0.25) is 9.59 Å². The highest BCUT2D eigenvalue weighted by Gasteiger charge is 2.28. The van der Waals surface area contributed by atoms with Crippen LogP contribution in [0.5, 0.6) is 0 Å². The van der Waals surface area contributed by atoms with Crippen molar-refractivity contribution < 1.29 is 19.1 Å². The van der Waals surface area contributed by atoms with E-state index in [0.717, 1.165) is 11.1 Å². The number of ether oxygens (including phenoxy) is 1. The molecule has 30 heavy (non-hydrogen) atoms. The minimum atomic E-state index is -0.543. The maximum absolute atomic E-state index is 12.0. The van der Waals surface area contributed by atoms with E-state index in [9.17, 15) is 14.4 Å². The average molecular weight is 431 g/mol. The first kappa shape index (κ1) is 23.6. The van der Waals surface area contributed by atoms with Gasteiger partial charge in [0.25, 0.3) is 0 Å². The van der Waals surface area contributed by atoms with Crippen molar-refractivity contribution in [3.05, 3.63) is 59.7 Å². The summed E-state index contributed by atoms with van der Waals surface area (Å²) in [4.78, 5) is 35.2. The van der Waals surface area contributed by atoms with E-state index in [-0.39, 0.29) is 62.3 Å². The molecule has 0 saturated carbocycles. The van der Waals surface area contributed by atoms with Crippen LogP contribution in [-0.2, 0) is 14.3 Å². The number of halogens is 1. The van der Waals surface area contributed by atoms with Gasteiger partial charge < -0.3 is 15.8 Å². The van der Waals surface area contributed by atoms with Crippen LogP contribution in [-0.4, -0.2) is 37.4 Å². The zero-order valence-electron chi connectivity index (χ0n) is 16.8. The monoisotopic (exact) mass is 430 g/mol. The van der Waals surface area contributed by atoms with Crippen molar-refractivity contribution in [3.63, 3.8) is 0 Å². The van der Waals surface area contributed by atoms with Crippen LogP contribution in [0.2, 0.25) is 0 Å². The largest absolute Gasteiger partial charge is 0.449 e. The van der Waals surface area contributed by atoms with Crippen molar-refractivity contribution in [3.8, 4) is 11.1 Å². The average Bonchev–Trinajstić information content (AvgIpc) is 3.05. The Morgan fingerprint density at radius 2 is 1.37 bits per heavy atom. The lowest BCUT2D eigenvalue weighted by Crippen LogP contribution is -2.28. The van der Waals surface area contributed by atoms with Crippen LogP contribution in [0.3, 0.4) is 0 Å². The first-order valence-electron chi connectivity index (χ1n) is 9.92. The first-order chi connectivity index (χ1) is 14.1. The molecule has 6 nitrogen and oxygen atoms in total. The lowest BCUT2D eigenvalue weighted by molar-refractivity contribution is -0.124. The number of ketones is 2. The number of Topliss-reactive ketones (excluding diaryl/α,β-unsaturated/α-hetero) is 2. The number of hydrogen-bond donors (Lipinski definition) is 2. The van der Waals surface area contributed by atoms with Crippen LogP contribution >= 0.6 is 12.4 Å². The summed E-state index contributed by atoms with van der Waals surface area (Å²) in [5, 5.41) is 2.61. The maximum Gasteiger partial charge on any atom is 0.407 e. The second-order valence-electron chi connectivity index (χ2n) is 7.12. The summed E-state index contributed by atoms with van der Waals surface area (Å²) in [6.45, 7) is 0.734. The van der Waals surface area contributed by atoms with E-state index >= 15 is 0 Å². The first-order valence-corrected chi connectivity index (χ1v) is 9.92. The van der Waals surface area contributed by atoms with Crippen LogP contribution in [0.1, 0.15) is 42.7 Å². The molecule has 0 unspecified atom stereocenters. The van der Waals surface area contributed by atoms with E-state index in [4.69, 9.17) is 10.5 Å². The van der Waals surface area contributed by atoms with Crippen molar-refractivity contribution in [1.29, 1.82) is 0 Å². The Kier molecular flexibility index (Phi) is 9.02. The van der Waals surface area contributed by atoms with E-state index in [2.05, 4.69) is 29.6 Å². The van der Waals surface area contributed by atoms with Gasteiger partial charge in [-0.2, -0.15) is 0 Å². The smallest absolute Gasteiger partial charge is 0.407 e. The molecule has 1 amide bonds. The summed E-state index contributed by atoms with van der Waals surface area (Å²) in [5.74, 6) is -0.0667. The van der Waals surface area contributed by atoms with Crippen LogP contribution < -0.4 is 11.1 Å². The van der Waals surface area contributed by atoms with Gasteiger partial charge in [0, 0.05) is 38.1 Å². The zero-order chi connectivity index (χ0) is 20.6. The lowest BCUT2D eigenvalue weighted by atomic mass is 9.98. The summed E-state index contributed by atoms with van der Waals surface area (Å²) >= 11 is 0. The van der Waals surface area contributed by atoms with Crippen molar-refractivity contribution in [2.45, 2.75) is 31.6 Å². The minimum Gasteiger partial charge on any atom is -0.449 e. The Morgan fingerprint density at radius 3 is 1.93 bits per heavy atom. The molecule has 0 aliphatic heterocycles. The topological polar surface area (TPSA) is 98.5 Å². The summed E-state index contributed by atoms with van der Waals surface area (Å²) in [6, 6.07) is 16.3. The number of rotatable bonds is 10. The molecule has 2 aromatic rings. The molecular weight excluding hydrogens is 404 g/mol. The van der Waals surface area contributed by atoms with Crippen LogP contribution in [0.4, 0.5) is 4.79 Å². The standard InChI is InChI=1S/C23H26N2O4.ClH/c24-13-11-16(26)9-10-17(27)12-14-25-23(28)29-15-22-20-7-3-1-5-18(20)19-6-2-4-8-21(19)22;/h1-8,22H,9-15,24H2,(H,25,28);1H. The summed E-state index contributed by atoms with van der Waals surface area (Å²) in [5.41, 5.74) is 9.96. The van der Waals surface area contributed by atoms with Gasteiger partial charge in [0.05, 0.1) is 0 Å². The van der Waals surface area contributed by atoms with Crippen LogP contribution in [0, 0.1) is 0 Å². The van der Waals surface area contributed by atoms with Crippen molar-refractivity contribution in [2.24, 2.45) is 5.73 Å². The van der Waals surface area contributed by atoms with Crippen molar-refractivity contribution in [1.82, 2.24) is 5.32 Å². The van der Waals surface area contributed by atoms with E-state index in [1.54, 1.807) is 0 Å². The van der Waals surface area contributed by atoms with Gasteiger partial charge in [0.15, 0.2) is 0 Å². The normalized spacial score (nSPS) is 11.8. The van der Waals surface area contributed by atoms with Crippen LogP contribution in [0.25, 0.3) is 11.1 Å². The number of fused-ring (bicyclic) bond motifs is 3. The van der Waals surface area contributed by atoms with Gasteiger partial charge >= 0.3 is 6.09 Å². The third-order valence-corrected chi connectivity index (χ3v) is 5.12. The second-order valence-corrected chi connectivity index (χ2v) is 7.12. The van der Waals surface area contributed by atoms with E-state index in [1.807, 2.05) is 24.3 Å². The summed E-state index contributed by atoms with van der Waals surface area (Å²) in [6.07, 6.45) is 0.330. The Labute approximate surface area is 182 Å². The highest BCUT2D eigenvalue weighted by Crippen LogP contribution is 2.44. The zero-order valence-corrected chi connectivity index (χ0v) is 17.6. The van der Waals surface area contributed by atoms with Gasteiger partial charge in [-0.25, -0.2) is 4.79 Å². The number of hydrogen-bond acceptors (Lipinski definition) is 5. The molecule has 1 aliphatic rings.